The third kappa shape index (κ3) is 4.68. The molecule has 0 aliphatic heterocycles. The van der Waals surface area contributed by atoms with Crippen molar-refractivity contribution in [1.29, 1.82) is 0 Å². The maximum absolute atomic E-state index is 10.8. The van der Waals surface area contributed by atoms with Crippen LogP contribution in [0.25, 0.3) is 17.0 Å². The van der Waals surface area contributed by atoms with E-state index in [0.29, 0.717) is 0 Å². The summed E-state index contributed by atoms with van der Waals surface area (Å²) in [5, 5.41) is 12.0. The summed E-state index contributed by atoms with van der Waals surface area (Å²) in [4.78, 5) is 15.9. The van der Waals surface area contributed by atoms with Crippen molar-refractivity contribution in [2.75, 3.05) is 13.6 Å². The number of nitro groups is 1. The minimum Gasteiger partial charge on any atom is -0.361 e. The van der Waals surface area contributed by atoms with Crippen LogP contribution in [0.3, 0.4) is 0 Å². The molecule has 0 radical (unpaired) electrons. The number of aromatic amines is 1. The van der Waals surface area contributed by atoms with Crippen LogP contribution in [0.15, 0.2) is 60.8 Å². The maximum Gasteiger partial charge on any atom is 0.270 e. The number of nitro benzene ring substituents is 1. The number of nitrogens with zero attached hydrogens (tertiary/aromatic N) is 2. The monoisotopic (exact) mass is 357 g/mol. The Morgan fingerprint density at radius 2 is 2.00 bits per heavy atom. The average Bonchev–Trinajstić information content (AvgIpc) is 3.05. The van der Waals surface area contributed by atoms with Gasteiger partial charge in [-0.1, -0.05) is 42.5 Å². The van der Waals surface area contributed by atoms with E-state index in [2.05, 4.69) is 41.2 Å². The Bertz CT molecular complexity index is 889. The van der Waals surface area contributed by atoms with Crippen molar-refractivity contribution in [2.24, 2.45) is 0 Å². The summed E-state index contributed by atoms with van der Waals surface area (Å²) in [6.45, 7) is 1.59. The Kier molecular flexibility index (Phi) is 6.33. The number of nitrogens with one attached hydrogen (secondary N) is 1. The Balaban J connectivity index is 0.00000225. The van der Waals surface area contributed by atoms with Crippen LogP contribution in [0, 0.1) is 10.1 Å². The fourth-order valence-corrected chi connectivity index (χ4v) is 2.75. The third-order valence-electron chi connectivity index (χ3n) is 3.92. The Morgan fingerprint density at radius 1 is 1.20 bits per heavy atom. The van der Waals surface area contributed by atoms with E-state index < -0.39 is 0 Å². The Hall–Kier alpha value is -2.63. The molecule has 0 bridgehead atoms. The van der Waals surface area contributed by atoms with Crippen molar-refractivity contribution in [3.8, 4) is 0 Å². The molecule has 0 aliphatic carbocycles. The number of likely N-dealkylation sites (N-methyl/N-ethyl adjacent to an activating group) is 1. The lowest BCUT2D eigenvalue weighted by atomic mass is 10.1. The molecule has 1 aromatic heterocycles. The van der Waals surface area contributed by atoms with Gasteiger partial charge in [-0.05, 0) is 29.6 Å². The van der Waals surface area contributed by atoms with Gasteiger partial charge in [0.1, 0.15) is 0 Å². The van der Waals surface area contributed by atoms with Crippen molar-refractivity contribution < 1.29 is 4.92 Å². The van der Waals surface area contributed by atoms with E-state index in [0.717, 1.165) is 18.7 Å². The van der Waals surface area contributed by atoms with E-state index in [-0.39, 0.29) is 23.0 Å². The summed E-state index contributed by atoms with van der Waals surface area (Å²) >= 11 is 0. The first-order valence-corrected chi connectivity index (χ1v) is 7.78. The molecule has 0 unspecified atom stereocenters. The van der Waals surface area contributed by atoms with Gasteiger partial charge in [-0.3, -0.25) is 15.0 Å². The molecule has 25 heavy (non-hydrogen) atoms. The van der Waals surface area contributed by atoms with Crippen molar-refractivity contribution >= 4 is 35.1 Å². The van der Waals surface area contributed by atoms with E-state index in [4.69, 9.17) is 0 Å². The van der Waals surface area contributed by atoms with Crippen LogP contribution in [0.2, 0.25) is 0 Å². The molecule has 6 heteroatoms. The van der Waals surface area contributed by atoms with Crippen molar-refractivity contribution in [3.63, 3.8) is 0 Å². The zero-order valence-corrected chi connectivity index (χ0v) is 14.7. The fourth-order valence-electron chi connectivity index (χ4n) is 2.75. The van der Waals surface area contributed by atoms with E-state index in [1.807, 2.05) is 24.4 Å². The highest BCUT2D eigenvalue weighted by Crippen LogP contribution is 2.18. The Labute approximate surface area is 152 Å². The quantitative estimate of drug-likeness (QED) is 0.516. The summed E-state index contributed by atoms with van der Waals surface area (Å²) in [5.41, 5.74) is 3.38. The molecular weight excluding hydrogens is 338 g/mol. The number of rotatable bonds is 6. The SMILES string of the molecule is CN(C/C=C/c1cccc([N+](=O)[O-])c1)Cc1cccc2cc[nH]c12.Cl. The van der Waals surface area contributed by atoms with Crippen LogP contribution in [0.5, 0.6) is 0 Å². The van der Waals surface area contributed by atoms with Crippen LogP contribution >= 0.6 is 12.4 Å². The predicted molar refractivity (Wildman–Crippen MR) is 104 cm³/mol. The highest BCUT2D eigenvalue weighted by molar-refractivity contribution is 5.85. The first kappa shape index (κ1) is 18.7. The molecule has 1 heterocycles. The summed E-state index contributed by atoms with van der Waals surface area (Å²) in [7, 11) is 2.06. The molecule has 0 amide bonds. The van der Waals surface area contributed by atoms with Gasteiger partial charge in [0.05, 0.1) is 4.92 Å². The predicted octanol–water partition coefficient (Wildman–Crippen LogP) is 4.64. The smallest absolute Gasteiger partial charge is 0.270 e. The van der Waals surface area contributed by atoms with Crippen molar-refractivity contribution in [2.45, 2.75) is 6.54 Å². The van der Waals surface area contributed by atoms with Crippen molar-refractivity contribution in [1.82, 2.24) is 9.88 Å². The van der Waals surface area contributed by atoms with Gasteiger partial charge >= 0.3 is 0 Å². The second kappa shape index (κ2) is 8.46. The minimum atomic E-state index is -0.375. The number of fused-ring (bicyclic) bond motifs is 1. The first-order valence-electron chi connectivity index (χ1n) is 7.78. The topological polar surface area (TPSA) is 62.2 Å². The van der Waals surface area contributed by atoms with Gasteiger partial charge in [0, 0.05) is 36.9 Å². The van der Waals surface area contributed by atoms with Crippen LogP contribution < -0.4 is 0 Å². The zero-order valence-electron chi connectivity index (χ0n) is 13.9. The van der Waals surface area contributed by atoms with Gasteiger partial charge in [0.25, 0.3) is 5.69 Å². The van der Waals surface area contributed by atoms with Crippen LogP contribution in [0.4, 0.5) is 5.69 Å². The molecule has 0 atom stereocenters. The molecule has 0 spiro atoms. The van der Waals surface area contributed by atoms with E-state index in [9.17, 15) is 10.1 Å². The highest BCUT2D eigenvalue weighted by Gasteiger charge is 2.05. The second-order valence-electron chi connectivity index (χ2n) is 5.81. The van der Waals surface area contributed by atoms with Gasteiger partial charge in [-0.15, -0.1) is 12.4 Å². The minimum absolute atomic E-state index is 0. The average molecular weight is 358 g/mol. The lowest BCUT2D eigenvalue weighted by molar-refractivity contribution is -0.384. The standard InChI is InChI=1S/C19H19N3O2.ClH/c1-21(14-17-8-3-7-16-10-11-20-19(16)17)12-4-6-15-5-2-9-18(13-15)22(23)24;/h2-11,13,20H,12,14H2,1H3;1H/b6-4+;. The van der Waals surface area contributed by atoms with Gasteiger partial charge in [-0.2, -0.15) is 0 Å². The largest absolute Gasteiger partial charge is 0.361 e. The lowest BCUT2D eigenvalue weighted by Gasteiger charge is -2.15. The van der Waals surface area contributed by atoms with E-state index in [1.165, 1.54) is 22.5 Å². The fraction of sp³-hybridized carbons (Fsp3) is 0.158. The normalized spacial score (nSPS) is 11.1. The first-order chi connectivity index (χ1) is 11.6. The lowest BCUT2D eigenvalue weighted by Crippen LogP contribution is -2.17. The summed E-state index contributed by atoms with van der Waals surface area (Å²) in [6.07, 6.45) is 5.89. The van der Waals surface area contributed by atoms with Gasteiger partial charge in [0.2, 0.25) is 0 Å². The molecule has 3 aromatic rings. The molecule has 0 aliphatic rings. The molecule has 0 fully saturated rings. The summed E-state index contributed by atoms with van der Waals surface area (Å²) in [6, 6.07) is 15.0. The maximum atomic E-state index is 10.8. The molecule has 0 saturated carbocycles. The molecule has 5 nitrogen and oxygen atoms in total. The molecule has 0 saturated heterocycles. The van der Waals surface area contributed by atoms with E-state index in [1.54, 1.807) is 12.1 Å². The van der Waals surface area contributed by atoms with Gasteiger partial charge in [0.15, 0.2) is 0 Å². The second-order valence-corrected chi connectivity index (χ2v) is 5.81. The number of benzene rings is 2. The number of hydrogen-bond acceptors (Lipinski definition) is 3. The summed E-state index contributed by atoms with van der Waals surface area (Å²) in [5.74, 6) is 0. The number of hydrogen-bond donors (Lipinski definition) is 1. The summed E-state index contributed by atoms with van der Waals surface area (Å²) < 4.78 is 0. The van der Waals surface area contributed by atoms with Gasteiger partial charge in [-0.25, -0.2) is 0 Å². The van der Waals surface area contributed by atoms with Gasteiger partial charge < -0.3 is 4.98 Å². The zero-order chi connectivity index (χ0) is 16.9. The number of halogens is 1. The number of para-hydroxylation sites is 1. The highest BCUT2D eigenvalue weighted by atomic mass is 35.5. The van der Waals surface area contributed by atoms with Crippen LogP contribution in [-0.4, -0.2) is 28.4 Å². The number of aromatic nitrogens is 1. The molecule has 1 N–H and O–H groups in total. The molecule has 3 rings (SSSR count). The molecule has 2 aromatic carbocycles. The van der Waals surface area contributed by atoms with E-state index >= 15 is 0 Å². The molecular formula is C19H20ClN3O2. The van der Waals surface area contributed by atoms with Crippen LogP contribution in [0.1, 0.15) is 11.1 Å². The van der Waals surface area contributed by atoms with Crippen molar-refractivity contribution in [3.05, 3.63) is 82.0 Å². The number of H-pyrrole nitrogens is 1. The third-order valence-corrected chi connectivity index (χ3v) is 3.92. The van der Waals surface area contributed by atoms with Crippen LogP contribution in [-0.2, 0) is 6.54 Å². The molecule has 130 valence electrons. The number of non-ortho nitro benzene ring substituents is 1. The Morgan fingerprint density at radius 3 is 2.80 bits per heavy atom.